The quantitative estimate of drug-likeness (QED) is 0.788. The molecule has 4 rings (SSSR count). The van der Waals surface area contributed by atoms with Gasteiger partial charge < -0.3 is 4.90 Å². The van der Waals surface area contributed by atoms with Crippen molar-refractivity contribution in [2.75, 3.05) is 13.1 Å². The van der Waals surface area contributed by atoms with E-state index in [9.17, 15) is 4.79 Å². The number of amides is 1. The Morgan fingerprint density at radius 2 is 1.96 bits per heavy atom. The molecule has 1 aromatic carbocycles. The van der Waals surface area contributed by atoms with E-state index in [1.807, 2.05) is 30.5 Å². The largest absolute Gasteiger partial charge is 0.342 e. The molecule has 0 unspecified atom stereocenters. The van der Waals surface area contributed by atoms with Crippen LogP contribution >= 0.6 is 11.6 Å². The number of rotatable bonds is 3. The Labute approximate surface area is 159 Å². The van der Waals surface area contributed by atoms with E-state index in [0.717, 1.165) is 55.7 Å². The molecule has 1 amide bonds. The second-order valence-corrected chi connectivity index (χ2v) is 7.88. The molecule has 136 valence electrons. The number of hydrogen-bond acceptors (Lipinski definition) is 3. The molecule has 2 aliphatic rings. The van der Waals surface area contributed by atoms with Crippen LogP contribution in [0.15, 0.2) is 36.7 Å². The standard InChI is InChI=1S/C21H24ClN3O/c22-18-9-3-7-16(11-18)19-12-23-13-20(24-19)17-8-4-10-25(14-17)21(26)15-5-1-2-6-15/h3,7,9,11-13,15,17H,1-2,4-6,8,10,14H2/t17-/m0/s1. The van der Waals surface area contributed by atoms with E-state index in [0.29, 0.717) is 10.9 Å². The Kier molecular flexibility index (Phi) is 5.21. The van der Waals surface area contributed by atoms with E-state index >= 15 is 0 Å². The van der Waals surface area contributed by atoms with Crippen molar-refractivity contribution >= 4 is 17.5 Å². The zero-order valence-corrected chi connectivity index (χ0v) is 15.7. The molecule has 26 heavy (non-hydrogen) atoms. The van der Waals surface area contributed by atoms with Crippen LogP contribution in [-0.2, 0) is 4.79 Å². The molecule has 0 radical (unpaired) electrons. The number of halogens is 1. The summed E-state index contributed by atoms with van der Waals surface area (Å²) in [5.41, 5.74) is 2.79. The van der Waals surface area contributed by atoms with Gasteiger partial charge in [-0.3, -0.25) is 9.78 Å². The zero-order chi connectivity index (χ0) is 17.9. The third-order valence-corrected chi connectivity index (χ3v) is 5.86. The second-order valence-electron chi connectivity index (χ2n) is 7.44. The molecule has 1 aromatic heterocycles. The van der Waals surface area contributed by atoms with Gasteiger partial charge in [0.2, 0.25) is 5.91 Å². The number of benzene rings is 1. The minimum Gasteiger partial charge on any atom is -0.342 e. The summed E-state index contributed by atoms with van der Waals surface area (Å²) >= 11 is 6.11. The lowest BCUT2D eigenvalue weighted by Gasteiger charge is -2.34. The molecule has 0 N–H and O–H groups in total. The summed E-state index contributed by atoms with van der Waals surface area (Å²) in [7, 11) is 0. The number of nitrogens with zero attached hydrogens (tertiary/aromatic N) is 3. The van der Waals surface area contributed by atoms with Gasteiger partial charge in [0.25, 0.3) is 0 Å². The zero-order valence-electron chi connectivity index (χ0n) is 14.9. The first-order valence-electron chi connectivity index (χ1n) is 9.57. The van der Waals surface area contributed by atoms with Gasteiger partial charge in [-0.1, -0.05) is 36.6 Å². The van der Waals surface area contributed by atoms with Crippen LogP contribution in [0, 0.1) is 5.92 Å². The fraction of sp³-hybridized carbons (Fsp3) is 0.476. The van der Waals surface area contributed by atoms with Crippen molar-refractivity contribution in [2.24, 2.45) is 5.92 Å². The molecular formula is C21H24ClN3O. The Bertz CT molecular complexity index is 788. The molecule has 2 heterocycles. The summed E-state index contributed by atoms with van der Waals surface area (Å²) < 4.78 is 0. The van der Waals surface area contributed by atoms with Gasteiger partial charge in [0.05, 0.1) is 17.6 Å². The second kappa shape index (κ2) is 7.75. The molecule has 1 saturated carbocycles. The molecule has 0 spiro atoms. The van der Waals surface area contributed by atoms with Gasteiger partial charge in [-0.25, -0.2) is 4.98 Å². The average Bonchev–Trinajstić information content (AvgIpc) is 3.22. The summed E-state index contributed by atoms with van der Waals surface area (Å²) in [5, 5.41) is 0.695. The van der Waals surface area contributed by atoms with Gasteiger partial charge in [0.1, 0.15) is 0 Å². The van der Waals surface area contributed by atoms with Gasteiger partial charge in [0.15, 0.2) is 0 Å². The number of carbonyl (C=O) groups excluding carboxylic acids is 1. The summed E-state index contributed by atoms with van der Waals surface area (Å²) in [6, 6.07) is 7.69. The van der Waals surface area contributed by atoms with Crippen molar-refractivity contribution in [3.63, 3.8) is 0 Å². The van der Waals surface area contributed by atoms with Crippen molar-refractivity contribution in [3.05, 3.63) is 47.4 Å². The minimum absolute atomic E-state index is 0.248. The lowest BCUT2D eigenvalue weighted by atomic mass is 9.93. The third-order valence-electron chi connectivity index (χ3n) is 5.63. The molecule has 2 aromatic rings. The van der Waals surface area contributed by atoms with Gasteiger partial charge >= 0.3 is 0 Å². The molecule has 5 heteroatoms. The smallest absolute Gasteiger partial charge is 0.225 e. The molecule has 2 fully saturated rings. The number of hydrogen-bond donors (Lipinski definition) is 0. The highest BCUT2D eigenvalue weighted by molar-refractivity contribution is 6.30. The number of aromatic nitrogens is 2. The first kappa shape index (κ1) is 17.5. The molecule has 0 bridgehead atoms. The van der Waals surface area contributed by atoms with E-state index in [-0.39, 0.29) is 11.8 Å². The molecule has 1 saturated heterocycles. The maximum absolute atomic E-state index is 12.8. The Morgan fingerprint density at radius 3 is 2.77 bits per heavy atom. The fourth-order valence-electron chi connectivity index (χ4n) is 4.21. The summed E-state index contributed by atoms with van der Waals surface area (Å²) in [6.45, 7) is 1.65. The number of piperidine rings is 1. The van der Waals surface area contributed by atoms with Gasteiger partial charge in [0, 0.05) is 41.7 Å². The van der Waals surface area contributed by atoms with Crippen molar-refractivity contribution in [3.8, 4) is 11.3 Å². The highest BCUT2D eigenvalue weighted by Gasteiger charge is 2.31. The molecule has 1 aliphatic carbocycles. The van der Waals surface area contributed by atoms with Crippen LogP contribution in [0.5, 0.6) is 0 Å². The Morgan fingerprint density at radius 1 is 1.12 bits per heavy atom. The number of likely N-dealkylation sites (tertiary alicyclic amines) is 1. The van der Waals surface area contributed by atoms with Crippen LogP contribution in [0.1, 0.15) is 50.1 Å². The molecule has 1 atom stereocenters. The van der Waals surface area contributed by atoms with Crippen LogP contribution in [0.25, 0.3) is 11.3 Å². The van der Waals surface area contributed by atoms with E-state index < -0.39 is 0 Å². The monoisotopic (exact) mass is 369 g/mol. The van der Waals surface area contributed by atoms with Crippen molar-refractivity contribution in [1.82, 2.24) is 14.9 Å². The van der Waals surface area contributed by atoms with Crippen LogP contribution < -0.4 is 0 Å². The fourth-order valence-corrected chi connectivity index (χ4v) is 4.40. The van der Waals surface area contributed by atoms with Gasteiger partial charge in [-0.15, -0.1) is 0 Å². The Balaban J connectivity index is 1.51. The van der Waals surface area contributed by atoms with Crippen LogP contribution in [0.4, 0.5) is 0 Å². The van der Waals surface area contributed by atoms with Gasteiger partial charge in [-0.05, 0) is 37.8 Å². The lowest BCUT2D eigenvalue weighted by molar-refractivity contribution is -0.136. The first-order chi connectivity index (χ1) is 12.7. The first-order valence-corrected chi connectivity index (χ1v) is 9.95. The molecule has 4 nitrogen and oxygen atoms in total. The van der Waals surface area contributed by atoms with Crippen LogP contribution in [-0.4, -0.2) is 33.9 Å². The maximum Gasteiger partial charge on any atom is 0.225 e. The van der Waals surface area contributed by atoms with Crippen LogP contribution in [0.3, 0.4) is 0 Å². The highest BCUT2D eigenvalue weighted by Crippen LogP contribution is 2.31. The highest BCUT2D eigenvalue weighted by atomic mass is 35.5. The summed E-state index contributed by atoms with van der Waals surface area (Å²) in [5.74, 6) is 0.865. The van der Waals surface area contributed by atoms with E-state index in [1.54, 1.807) is 6.20 Å². The number of carbonyl (C=O) groups is 1. The topological polar surface area (TPSA) is 46.1 Å². The Hall–Kier alpha value is -1.94. The van der Waals surface area contributed by atoms with Crippen molar-refractivity contribution < 1.29 is 4.79 Å². The minimum atomic E-state index is 0.248. The normalized spacial score (nSPS) is 21.1. The van der Waals surface area contributed by atoms with E-state index in [4.69, 9.17) is 16.6 Å². The van der Waals surface area contributed by atoms with E-state index in [2.05, 4.69) is 9.88 Å². The van der Waals surface area contributed by atoms with E-state index in [1.165, 1.54) is 12.8 Å². The summed E-state index contributed by atoms with van der Waals surface area (Å²) in [4.78, 5) is 24.1. The van der Waals surface area contributed by atoms with Crippen molar-refractivity contribution in [1.29, 1.82) is 0 Å². The predicted octanol–water partition coefficient (Wildman–Crippen LogP) is 4.69. The third kappa shape index (κ3) is 3.75. The molecule has 1 aliphatic heterocycles. The summed E-state index contributed by atoms with van der Waals surface area (Å²) in [6.07, 6.45) is 10.2. The molecular weight excluding hydrogens is 346 g/mol. The van der Waals surface area contributed by atoms with Crippen LogP contribution in [0.2, 0.25) is 5.02 Å². The lowest BCUT2D eigenvalue weighted by Crippen LogP contribution is -2.42. The maximum atomic E-state index is 12.8. The predicted molar refractivity (Wildman–Crippen MR) is 103 cm³/mol. The van der Waals surface area contributed by atoms with Gasteiger partial charge in [-0.2, -0.15) is 0 Å². The SMILES string of the molecule is O=C(C1CCCC1)N1CCC[C@H](c2cncc(-c3cccc(Cl)c3)n2)C1. The van der Waals surface area contributed by atoms with Crippen molar-refractivity contribution in [2.45, 2.75) is 44.4 Å². The average molecular weight is 370 g/mol.